The zero-order chi connectivity index (χ0) is 12.3. The van der Waals surface area contributed by atoms with Gasteiger partial charge in [-0.3, -0.25) is 0 Å². The topological polar surface area (TPSA) is 40.2 Å². The molecule has 0 aliphatic carbocycles. The van der Waals surface area contributed by atoms with Crippen molar-refractivity contribution in [1.82, 2.24) is 4.57 Å². The van der Waals surface area contributed by atoms with E-state index < -0.39 is 0 Å². The minimum atomic E-state index is 0.288. The number of benzene rings is 1. The van der Waals surface area contributed by atoms with E-state index >= 15 is 0 Å². The third-order valence-electron chi connectivity index (χ3n) is 2.86. The van der Waals surface area contributed by atoms with E-state index in [1.807, 2.05) is 0 Å². The van der Waals surface area contributed by atoms with E-state index in [0.29, 0.717) is 6.54 Å². The van der Waals surface area contributed by atoms with E-state index in [9.17, 15) is 0 Å². The maximum atomic E-state index is 5.67. The SMILES string of the molecule is CC(C)OCCn1ccc2ccc(CN)cc21. The number of rotatable bonds is 5. The largest absolute Gasteiger partial charge is 0.377 e. The normalized spacial score (nSPS) is 11.5. The third kappa shape index (κ3) is 2.87. The summed E-state index contributed by atoms with van der Waals surface area (Å²) in [5.74, 6) is 0. The lowest BCUT2D eigenvalue weighted by atomic mass is 10.1. The molecule has 3 nitrogen and oxygen atoms in total. The Labute approximate surface area is 102 Å². The van der Waals surface area contributed by atoms with E-state index in [2.05, 4.69) is 48.9 Å². The Bertz CT molecular complexity index is 488. The van der Waals surface area contributed by atoms with Crippen LogP contribution in [0.1, 0.15) is 19.4 Å². The van der Waals surface area contributed by atoms with Gasteiger partial charge in [0.05, 0.1) is 12.7 Å². The molecular weight excluding hydrogens is 212 g/mol. The van der Waals surface area contributed by atoms with Crippen LogP contribution in [0.2, 0.25) is 0 Å². The van der Waals surface area contributed by atoms with E-state index in [0.717, 1.165) is 13.2 Å². The number of hydrogen-bond donors (Lipinski definition) is 1. The smallest absolute Gasteiger partial charge is 0.0649 e. The van der Waals surface area contributed by atoms with Gasteiger partial charge >= 0.3 is 0 Å². The molecule has 17 heavy (non-hydrogen) atoms. The lowest BCUT2D eigenvalue weighted by Gasteiger charge is -2.09. The highest BCUT2D eigenvalue weighted by molar-refractivity contribution is 5.80. The molecule has 92 valence electrons. The zero-order valence-corrected chi connectivity index (χ0v) is 10.5. The molecule has 0 aliphatic heterocycles. The van der Waals surface area contributed by atoms with Crippen LogP contribution >= 0.6 is 0 Å². The van der Waals surface area contributed by atoms with Gasteiger partial charge in [0.25, 0.3) is 0 Å². The van der Waals surface area contributed by atoms with Gasteiger partial charge in [0, 0.05) is 24.8 Å². The quantitative estimate of drug-likeness (QED) is 0.860. The molecule has 2 N–H and O–H groups in total. The zero-order valence-electron chi connectivity index (χ0n) is 10.5. The highest BCUT2D eigenvalue weighted by atomic mass is 16.5. The molecule has 0 saturated heterocycles. The molecule has 0 amide bonds. The maximum absolute atomic E-state index is 5.67. The first-order valence-electron chi connectivity index (χ1n) is 6.10. The van der Waals surface area contributed by atoms with E-state index in [4.69, 9.17) is 10.5 Å². The van der Waals surface area contributed by atoms with Gasteiger partial charge < -0.3 is 15.0 Å². The lowest BCUT2D eigenvalue weighted by Crippen LogP contribution is -2.09. The van der Waals surface area contributed by atoms with Crippen molar-refractivity contribution in [2.24, 2.45) is 5.73 Å². The first kappa shape index (κ1) is 12.1. The summed E-state index contributed by atoms with van der Waals surface area (Å²) < 4.78 is 7.79. The number of hydrogen-bond acceptors (Lipinski definition) is 2. The molecule has 0 radical (unpaired) electrons. The highest BCUT2D eigenvalue weighted by Gasteiger charge is 2.02. The van der Waals surface area contributed by atoms with E-state index in [-0.39, 0.29) is 6.10 Å². The van der Waals surface area contributed by atoms with Gasteiger partial charge in [-0.25, -0.2) is 0 Å². The second-order valence-electron chi connectivity index (χ2n) is 4.53. The summed E-state index contributed by atoms with van der Waals surface area (Å²) in [4.78, 5) is 0. The fourth-order valence-corrected chi connectivity index (χ4v) is 1.94. The average molecular weight is 232 g/mol. The molecular formula is C14H20N2O. The Morgan fingerprint density at radius 3 is 2.82 bits per heavy atom. The number of aromatic nitrogens is 1. The molecule has 0 spiro atoms. The standard InChI is InChI=1S/C14H20N2O/c1-11(2)17-8-7-16-6-5-13-4-3-12(10-15)9-14(13)16/h3-6,9,11H,7-8,10,15H2,1-2H3. The fraction of sp³-hybridized carbons (Fsp3) is 0.429. The predicted octanol–water partition coefficient (Wildman–Crippen LogP) is 2.53. The molecule has 1 aromatic carbocycles. The molecule has 0 aliphatic rings. The van der Waals surface area contributed by atoms with Crippen molar-refractivity contribution < 1.29 is 4.74 Å². The number of nitrogens with zero attached hydrogens (tertiary/aromatic N) is 1. The van der Waals surface area contributed by atoms with Crippen LogP contribution in [0, 0.1) is 0 Å². The van der Waals surface area contributed by atoms with Gasteiger partial charge in [-0.05, 0) is 36.9 Å². The van der Waals surface area contributed by atoms with Crippen LogP contribution < -0.4 is 5.73 Å². The van der Waals surface area contributed by atoms with Crippen LogP contribution in [0.4, 0.5) is 0 Å². The van der Waals surface area contributed by atoms with Crippen molar-refractivity contribution in [3.8, 4) is 0 Å². The first-order valence-corrected chi connectivity index (χ1v) is 6.10. The lowest BCUT2D eigenvalue weighted by molar-refractivity contribution is 0.0733. The molecule has 3 heteroatoms. The average Bonchev–Trinajstić information content (AvgIpc) is 2.71. The molecule has 0 fully saturated rings. The van der Waals surface area contributed by atoms with Gasteiger partial charge in [0.2, 0.25) is 0 Å². The Morgan fingerprint density at radius 1 is 1.29 bits per heavy atom. The minimum Gasteiger partial charge on any atom is -0.377 e. The summed E-state index contributed by atoms with van der Waals surface area (Å²) >= 11 is 0. The molecule has 1 heterocycles. The van der Waals surface area contributed by atoms with Crippen molar-refractivity contribution in [2.75, 3.05) is 6.61 Å². The summed E-state index contributed by atoms with van der Waals surface area (Å²) in [6.45, 7) is 6.33. The summed E-state index contributed by atoms with van der Waals surface area (Å²) in [5, 5.41) is 1.26. The molecule has 0 bridgehead atoms. The molecule has 0 atom stereocenters. The summed E-state index contributed by atoms with van der Waals surface area (Å²) in [6.07, 6.45) is 2.39. The second kappa shape index (κ2) is 5.34. The fourth-order valence-electron chi connectivity index (χ4n) is 1.94. The Hall–Kier alpha value is -1.32. The number of ether oxygens (including phenoxy) is 1. The summed E-state index contributed by atoms with van der Waals surface area (Å²) in [7, 11) is 0. The molecule has 0 unspecified atom stereocenters. The van der Waals surface area contributed by atoms with Crippen LogP contribution in [0.3, 0.4) is 0 Å². The van der Waals surface area contributed by atoms with Gasteiger partial charge in [-0.15, -0.1) is 0 Å². The first-order chi connectivity index (χ1) is 8.20. The van der Waals surface area contributed by atoms with Crippen molar-refractivity contribution in [3.05, 3.63) is 36.0 Å². The van der Waals surface area contributed by atoms with Crippen LogP contribution in [-0.4, -0.2) is 17.3 Å². The van der Waals surface area contributed by atoms with Crippen LogP contribution in [0.5, 0.6) is 0 Å². The third-order valence-corrected chi connectivity index (χ3v) is 2.86. The Morgan fingerprint density at radius 2 is 2.12 bits per heavy atom. The van der Waals surface area contributed by atoms with Crippen molar-refractivity contribution >= 4 is 10.9 Å². The van der Waals surface area contributed by atoms with Crippen molar-refractivity contribution in [1.29, 1.82) is 0 Å². The maximum Gasteiger partial charge on any atom is 0.0649 e. The van der Waals surface area contributed by atoms with Crippen LogP contribution in [0.25, 0.3) is 10.9 Å². The number of fused-ring (bicyclic) bond motifs is 1. The van der Waals surface area contributed by atoms with Gasteiger partial charge in [0.15, 0.2) is 0 Å². The van der Waals surface area contributed by atoms with Crippen molar-refractivity contribution in [3.63, 3.8) is 0 Å². The van der Waals surface area contributed by atoms with Crippen LogP contribution in [-0.2, 0) is 17.8 Å². The Balaban J connectivity index is 2.16. The van der Waals surface area contributed by atoms with Crippen molar-refractivity contribution in [2.45, 2.75) is 33.0 Å². The van der Waals surface area contributed by atoms with Gasteiger partial charge in [-0.2, -0.15) is 0 Å². The minimum absolute atomic E-state index is 0.288. The van der Waals surface area contributed by atoms with E-state index in [1.54, 1.807) is 0 Å². The number of nitrogens with two attached hydrogens (primary N) is 1. The highest BCUT2D eigenvalue weighted by Crippen LogP contribution is 2.17. The molecule has 2 rings (SSSR count). The predicted molar refractivity (Wildman–Crippen MR) is 70.9 cm³/mol. The van der Waals surface area contributed by atoms with Gasteiger partial charge in [-0.1, -0.05) is 12.1 Å². The monoisotopic (exact) mass is 232 g/mol. The second-order valence-corrected chi connectivity index (χ2v) is 4.53. The molecule has 1 aromatic heterocycles. The molecule has 0 saturated carbocycles. The van der Waals surface area contributed by atoms with Crippen LogP contribution in [0.15, 0.2) is 30.5 Å². The summed E-state index contributed by atoms with van der Waals surface area (Å²) in [6, 6.07) is 8.49. The van der Waals surface area contributed by atoms with E-state index in [1.165, 1.54) is 16.5 Å². The van der Waals surface area contributed by atoms with Gasteiger partial charge in [0.1, 0.15) is 0 Å². The molecule has 2 aromatic rings. The summed E-state index contributed by atoms with van der Waals surface area (Å²) in [5.41, 5.74) is 8.07. The Kier molecular flexibility index (Phi) is 3.82.